The monoisotopic (exact) mass is 738 g/mol. The Labute approximate surface area is 301 Å². The summed E-state index contributed by atoms with van der Waals surface area (Å²) in [6.07, 6.45) is 2.13. The van der Waals surface area contributed by atoms with Gasteiger partial charge in [0.05, 0.1) is 0 Å². The zero-order valence-corrected chi connectivity index (χ0v) is 31.7. The summed E-state index contributed by atoms with van der Waals surface area (Å²) in [7, 11) is 0. The molecule has 6 aromatic carbocycles. The maximum atomic E-state index is 6.01. The average molecular weight is 741 g/mol. The van der Waals surface area contributed by atoms with Crippen LogP contribution in [0.2, 0.25) is 0 Å². The summed E-state index contributed by atoms with van der Waals surface area (Å²) < 4.78 is 12.0. The zero-order chi connectivity index (χ0) is 29.1. The molecule has 236 valence electrons. The number of benzene rings is 4. The van der Waals surface area contributed by atoms with Crippen LogP contribution >= 0.6 is 24.8 Å². The van der Waals surface area contributed by atoms with Gasteiger partial charge in [-0.05, 0) is 48.2 Å². The summed E-state index contributed by atoms with van der Waals surface area (Å²) >= 11 is 1.36. The van der Waals surface area contributed by atoms with Crippen molar-refractivity contribution in [3.63, 3.8) is 0 Å². The standard InChI is InChI=1S/2C19H15O.2CH3.2ClH.Si.Zr/c2*1-2-13-10-14-7-5-8-16(17(14)11-13)19-12-15-6-3-4-9-18(15)20-19;;;;;;/h2*3-12H,2H2,1H3;2*1H3;2*1H;;/q4*-1;;;;. The third-order valence-electron chi connectivity index (χ3n) is 7.82. The van der Waals surface area contributed by atoms with Crippen molar-refractivity contribution in [3.8, 4) is 22.6 Å². The second-order valence-electron chi connectivity index (χ2n) is 10.3. The molecule has 2 nitrogen and oxygen atoms in total. The Morgan fingerprint density at radius 3 is 1.30 bits per heavy atom. The molecule has 2 radical (unpaired) electrons. The van der Waals surface area contributed by atoms with Crippen LogP contribution in [0.5, 0.6) is 0 Å². The summed E-state index contributed by atoms with van der Waals surface area (Å²) in [5.41, 5.74) is 7.01. The van der Waals surface area contributed by atoms with E-state index >= 15 is 0 Å². The molecule has 0 aliphatic heterocycles. The number of furan rings is 2. The van der Waals surface area contributed by atoms with Crippen molar-refractivity contribution < 1.29 is 32.2 Å². The van der Waals surface area contributed by atoms with Crippen molar-refractivity contribution in [2.45, 2.75) is 26.7 Å². The van der Waals surface area contributed by atoms with Crippen LogP contribution in [-0.2, 0) is 36.2 Å². The molecular weight excluding hydrogens is 703 g/mol. The molecule has 2 heterocycles. The van der Waals surface area contributed by atoms with Crippen LogP contribution < -0.4 is 0 Å². The van der Waals surface area contributed by atoms with Gasteiger partial charge in [0, 0.05) is 10.8 Å². The molecule has 0 saturated heterocycles. The third kappa shape index (κ3) is 7.86. The predicted octanol–water partition coefficient (Wildman–Crippen LogP) is 12.4. The van der Waals surface area contributed by atoms with Gasteiger partial charge in [0.1, 0.15) is 22.7 Å². The number of aryl methyl sites for hydroxylation is 2. The van der Waals surface area contributed by atoms with Crippen LogP contribution in [0.15, 0.2) is 130 Å². The summed E-state index contributed by atoms with van der Waals surface area (Å²) in [6, 6.07) is 42.5. The first-order valence-corrected chi connectivity index (χ1v) is 18.5. The Bertz CT molecular complexity index is 1910. The molecule has 0 saturated carbocycles. The summed E-state index contributed by atoms with van der Waals surface area (Å²) in [5.74, 6) is 1.90. The molecule has 0 aliphatic carbocycles. The van der Waals surface area contributed by atoms with Crippen LogP contribution in [0.3, 0.4) is 0 Å². The number of fused-ring (bicyclic) bond motifs is 4. The van der Waals surface area contributed by atoms with Gasteiger partial charge in [0.2, 0.25) is 0 Å². The molecule has 0 bridgehead atoms. The van der Waals surface area contributed by atoms with E-state index in [1.54, 1.807) is 0 Å². The molecule has 0 amide bonds. The van der Waals surface area contributed by atoms with Crippen LogP contribution in [0.25, 0.3) is 66.1 Å². The predicted molar refractivity (Wildman–Crippen MR) is 201 cm³/mol. The van der Waals surface area contributed by atoms with Crippen LogP contribution in [0.1, 0.15) is 25.0 Å². The summed E-state index contributed by atoms with van der Waals surface area (Å²) in [5, 5.41) is 7.45. The van der Waals surface area contributed by atoms with Gasteiger partial charge in [-0.15, -0.1) is 93.9 Å². The molecule has 0 unspecified atom stereocenters. The number of hydrogen-bond acceptors (Lipinski definition) is 2. The van der Waals surface area contributed by atoms with E-state index < -0.39 is 0 Å². The third-order valence-corrected chi connectivity index (χ3v) is 7.82. The zero-order valence-electron chi connectivity index (χ0n) is 26.6. The Balaban J connectivity index is 0.000000281. The van der Waals surface area contributed by atoms with Gasteiger partial charge in [-0.1, -0.05) is 62.4 Å². The topological polar surface area (TPSA) is 26.3 Å². The molecule has 0 aliphatic rings. The maximum absolute atomic E-state index is 6.01. The summed E-state index contributed by atoms with van der Waals surface area (Å²) in [4.78, 5) is 0. The van der Waals surface area contributed by atoms with E-state index in [9.17, 15) is 0 Å². The van der Waals surface area contributed by atoms with Crippen LogP contribution in [0.4, 0.5) is 0 Å². The van der Waals surface area contributed by atoms with E-state index in [0.717, 1.165) is 46.3 Å². The minimum absolute atomic E-state index is 0. The van der Waals surface area contributed by atoms with Gasteiger partial charge in [-0.25, -0.2) is 0 Å². The van der Waals surface area contributed by atoms with E-state index in [0.29, 0.717) is 0 Å². The molecule has 6 heteroatoms. The summed E-state index contributed by atoms with van der Waals surface area (Å²) in [6.45, 7) is 7.44. The van der Waals surface area contributed by atoms with E-state index in [2.05, 4.69) is 106 Å². The second-order valence-corrected chi connectivity index (χ2v) is 10.3. The minimum atomic E-state index is 0. The average Bonchev–Trinajstić information content (AvgIpc) is 3.84. The molecule has 0 atom stereocenters. The Morgan fingerprint density at radius 2 is 0.935 bits per heavy atom. The molecule has 0 fully saturated rings. The fraction of sp³-hybridized carbons (Fsp3) is 0.100. The Morgan fingerprint density at radius 1 is 0.543 bits per heavy atom. The SMILES string of the molecule is CCc1cc2c(-c3cc4ccccc4o3)cccc2[cH-]1.CCc1cc2c(-c3cc4ccccc4o3)cccc2[cH-]1.Cl.Cl.[CH3-].[CH3-].[Si]=[Zr]. The first-order chi connectivity index (χ1) is 20.7. The van der Waals surface area contributed by atoms with E-state index in [1.165, 1.54) is 67.1 Å². The number of halogens is 2. The van der Waals surface area contributed by atoms with Crippen molar-refractivity contribution >= 4 is 75.2 Å². The van der Waals surface area contributed by atoms with Crippen LogP contribution in [-0.4, -0.2) is 6.88 Å². The number of para-hydroxylation sites is 2. The van der Waals surface area contributed by atoms with Crippen molar-refractivity contribution in [2.75, 3.05) is 0 Å². The number of rotatable bonds is 4. The van der Waals surface area contributed by atoms with Crippen LogP contribution in [0, 0.1) is 14.9 Å². The van der Waals surface area contributed by atoms with Gasteiger partial charge in [-0.2, -0.15) is 12.1 Å². The molecule has 2 aromatic heterocycles. The van der Waals surface area contributed by atoms with E-state index in [-0.39, 0.29) is 39.7 Å². The van der Waals surface area contributed by atoms with Crippen molar-refractivity contribution in [1.82, 2.24) is 0 Å². The molecule has 0 N–H and O–H groups in total. The van der Waals surface area contributed by atoms with E-state index in [4.69, 9.17) is 8.83 Å². The normalized spacial score (nSPS) is 10.0. The van der Waals surface area contributed by atoms with Gasteiger partial charge in [0.15, 0.2) is 0 Å². The van der Waals surface area contributed by atoms with Gasteiger partial charge < -0.3 is 23.7 Å². The Hall–Kier alpha value is -3.14. The van der Waals surface area contributed by atoms with Gasteiger partial charge in [-0.3, -0.25) is 0 Å². The molecule has 0 spiro atoms. The molecule has 8 aromatic rings. The van der Waals surface area contributed by atoms with Gasteiger partial charge in [0.25, 0.3) is 0 Å². The quantitative estimate of drug-likeness (QED) is 0.133. The van der Waals surface area contributed by atoms with Gasteiger partial charge >= 0.3 is 30.2 Å². The van der Waals surface area contributed by atoms with Crippen molar-refractivity contribution in [1.29, 1.82) is 0 Å². The first-order valence-electron chi connectivity index (χ1n) is 14.3. The molecular formula is C40H38Cl2O2SiZr-4. The number of hydrogen-bond donors (Lipinski definition) is 0. The fourth-order valence-electron chi connectivity index (χ4n) is 5.66. The fourth-order valence-corrected chi connectivity index (χ4v) is 5.66. The Kier molecular flexibility index (Phi) is 15.0. The van der Waals surface area contributed by atoms with Crippen molar-refractivity contribution in [2.24, 2.45) is 0 Å². The molecule has 46 heavy (non-hydrogen) atoms. The first kappa shape index (κ1) is 39.0. The molecule has 8 rings (SSSR count). The second kappa shape index (κ2) is 17.7. The van der Waals surface area contributed by atoms with E-state index in [1.807, 2.05) is 36.4 Å². The van der Waals surface area contributed by atoms with Crippen molar-refractivity contribution in [3.05, 3.63) is 147 Å².